The zero-order chi connectivity index (χ0) is 10.9. The van der Waals surface area contributed by atoms with Gasteiger partial charge in [-0.1, -0.05) is 45.0 Å². The number of nitrogens with two attached hydrogens (primary N) is 1. The fourth-order valence-corrected chi connectivity index (χ4v) is 2.31. The molecule has 1 saturated heterocycles. The van der Waals surface area contributed by atoms with Crippen LogP contribution in [0.4, 0.5) is 0 Å². The molecule has 0 saturated carbocycles. The zero-order valence-electron chi connectivity index (χ0n) is 10.1. The molecule has 2 N–H and O–H groups in total. The molecule has 0 bridgehead atoms. The molecule has 1 aromatic rings. The number of hydrogen-bond donors (Lipinski definition) is 1. The van der Waals surface area contributed by atoms with Crippen molar-refractivity contribution < 1.29 is 5.32 Å². The SMILES string of the molecule is CC(C)(C)c1ccc([C@@H]2CCC[NH2+]2)cc1. The van der Waals surface area contributed by atoms with Gasteiger partial charge >= 0.3 is 0 Å². The van der Waals surface area contributed by atoms with Crippen LogP contribution in [0, 0.1) is 0 Å². The van der Waals surface area contributed by atoms with E-state index in [2.05, 4.69) is 50.4 Å². The van der Waals surface area contributed by atoms with E-state index in [-0.39, 0.29) is 5.41 Å². The standard InChI is InChI=1S/C14H21N/c1-14(2,3)12-8-6-11(7-9-12)13-5-4-10-15-13/h6-9,13,15H,4-5,10H2,1-3H3/p+1/t13-/m0/s1. The Morgan fingerprint density at radius 3 is 2.27 bits per heavy atom. The first-order valence-electron chi connectivity index (χ1n) is 6.01. The van der Waals surface area contributed by atoms with Crippen molar-refractivity contribution >= 4 is 0 Å². The minimum atomic E-state index is 0.276. The largest absolute Gasteiger partial charge is 0.340 e. The molecule has 0 radical (unpaired) electrons. The van der Waals surface area contributed by atoms with Gasteiger partial charge in [-0.3, -0.25) is 0 Å². The molecular formula is C14H22N+. The highest BCUT2D eigenvalue weighted by atomic mass is 14.9. The third-order valence-electron chi connectivity index (χ3n) is 3.38. The van der Waals surface area contributed by atoms with Crippen LogP contribution in [-0.4, -0.2) is 6.54 Å². The molecule has 1 heterocycles. The van der Waals surface area contributed by atoms with Crippen LogP contribution in [0.15, 0.2) is 24.3 Å². The van der Waals surface area contributed by atoms with Gasteiger partial charge in [-0.15, -0.1) is 0 Å². The Bertz CT molecular complexity index is 312. The Morgan fingerprint density at radius 2 is 1.80 bits per heavy atom. The van der Waals surface area contributed by atoms with Crippen LogP contribution in [0.3, 0.4) is 0 Å². The van der Waals surface area contributed by atoms with Gasteiger partial charge in [0.25, 0.3) is 0 Å². The third kappa shape index (κ3) is 2.40. The summed E-state index contributed by atoms with van der Waals surface area (Å²) < 4.78 is 0. The highest BCUT2D eigenvalue weighted by molar-refractivity contribution is 5.28. The minimum Gasteiger partial charge on any atom is -0.340 e. The van der Waals surface area contributed by atoms with E-state index >= 15 is 0 Å². The lowest BCUT2D eigenvalue weighted by atomic mass is 9.86. The molecule has 82 valence electrons. The summed E-state index contributed by atoms with van der Waals surface area (Å²) in [4.78, 5) is 0. The molecular weight excluding hydrogens is 182 g/mol. The Morgan fingerprint density at radius 1 is 1.13 bits per heavy atom. The summed E-state index contributed by atoms with van der Waals surface area (Å²) in [6, 6.07) is 9.93. The van der Waals surface area contributed by atoms with Gasteiger partial charge in [-0.25, -0.2) is 0 Å². The van der Waals surface area contributed by atoms with Crippen molar-refractivity contribution in [2.24, 2.45) is 0 Å². The number of quaternary nitrogens is 1. The highest BCUT2D eigenvalue weighted by Crippen LogP contribution is 2.24. The topological polar surface area (TPSA) is 16.6 Å². The summed E-state index contributed by atoms with van der Waals surface area (Å²) in [6.45, 7) is 8.10. The van der Waals surface area contributed by atoms with Crippen LogP contribution in [-0.2, 0) is 5.41 Å². The fraction of sp³-hybridized carbons (Fsp3) is 0.571. The summed E-state index contributed by atoms with van der Waals surface area (Å²) >= 11 is 0. The highest BCUT2D eigenvalue weighted by Gasteiger charge is 2.21. The van der Waals surface area contributed by atoms with Crippen LogP contribution >= 0.6 is 0 Å². The predicted octanol–water partition coefficient (Wildman–Crippen LogP) is 2.38. The van der Waals surface area contributed by atoms with Gasteiger partial charge in [0, 0.05) is 18.4 Å². The Labute approximate surface area is 92.9 Å². The minimum absolute atomic E-state index is 0.276. The van der Waals surface area contributed by atoms with Crippen molar-refractivity contribution in [2.45, 2.75) is 45.1 Å². The molecule has 0 aliphatic carbocycles. The lowest BCUT2D eigenvalue weighted by Crippen LogP contribution is -2.81. The smallest absolute Gasteiger partial charge is 0.112 e. The summed E-state index contributed by atoms with van der Waals surface area (Å²) in [5, 5.41) is 2.46. The maximum Gasteiger partial charge on any atom is 0.112 e. The molecule has 0 aromatic heterocycles. The van der Waals surface area contributed by atoms with Crippen LogP contribution in [0.2, 0.25) is 0 Å². The maximum atomic E-state index is 2.46. The summed E-state index contributed by atoms with van der Waals surface area (Å²) in [6.07, 6.45) is 2.71. The van der Waals surface area contributed by atoms with E-state index in [1.54, 1.807) is 0 Å². The number of benzene rings is 1. The first-order valence-corrected chi connectivity index (χ1v) is 6.01. The van der Waals surface area contributed by atoms with E-state index in [0.717, 1.165) is 6.04 Å². The first kappa shape index (κ1) is 10.7. The van der Waals surface area contributed by atoms with Gasteiger partial charge in [0.05, 0.1) is 6.54 Å². The van der Waals surface area contributed by atoms with E-state index < -0.39 is 0 Å². The van der Waals surface area contributed by atoms with E-state index in [1.165, 1.54) is 30.5 Å². The van der Waals surface area contributed by atoms with Gasteiger partial charge in [0.1, 0.15) is 6.04 Å². The summed E-state index contributed by atoms with van der Waals surface area (Å²) in [5.41, 5.74) is 3.21. The van der Waals surface area contributed by atoms with Crippen LogP contribution in [0.25, 0.3) is 0 Å². The van der Waals surface area contributed by atoms with E-state index in [9.17, 15) is 0 Å². The molecule has 0 amide bonds. The van der Waals surface area contributed by atoms with Gasteiger partial charge < -0.3 is 5.32 Å². The second-order valence-corrected chi connectivity index (χ2v) is 5.65. The molecule has 1 aliphatic rings. The molecule has 1 aliphatic heterocycles. The average Bonchev–Trinajstić information content (AvgIpc) is 2.69. The number of rotatable bonds is 1. The van der Waals surface area contributed by atoms with Crippen molar-refractivity contribution in [1.29, 1.82) is 0 Å². The molecule has 15 heavy (non-hydrogen) atoms. The predicted molar refractivity (Wildman–Crippen MR) is 63.9 cm³/mol. The van der Waals surface area contributed by atoms with Gasteiger partial charge in [-0.05, 0) is 11.0 Å². The van der Waals surface area contributed by atoms with Gasteiger partial charge in [-0.2, -0.15) is 0 Å². The van der Waals surface area contributed by atoms with Crippen molar-refractivity contribution in [3.05, 3.63) is 35.4 Å². The Balaban J connectivity index is 2.16. The quantitative estimate of drug-likeness (QED) is 0.723. The second-order valence-electron chi connectivity index (χ2n) is 5.65. The van der Waals surface area contributed by atoms with Crippen molar-refractivity contribution in [3.8, 4) is 0 Å². The number of hydrogen-bond acceptors (Lipinski definition) is 0. The van der Waals surface area contributed by atoms with Crippen molar-refractivity contribution in [3.63, 3.8) is 0 Å². The van der Waals surface area contributed by atoms with E-state index in [1.807, 2.05) is 0 Å². The molecule has 2 rings (SSSR count). The first-order chi connectivity index (χ1) is 7.07. The molecule has 0 spiro atoms. The monoisotopic (exact) mass is 204 g/mol. The van der Waals surface area contributed by atoms with Crippen LogP contribution in [0.5, 0.6) is 0 Å². The lowest BCUT2D eigenvalue weighted by molar-refractivity contribution is -0.676. The molecule has 1 fully saturated rings. The van der Waals surface area contributed by atoms with Crippen molar-refractivity contribution in [1.82, 2.24) is 0 Å². The summed E-state index contributed by atoms with van der Waals surface area (Å²) in [7, 11) is 0. The molecule has 1 nitrogen and oxygen atoms in total. The maximum absolute atomic E-state index is 2.46. The molecule has 1 atom stereocenters. The van der Waals surface area contributed by atoms with Crippen LogP contribution < -0.4 is 5.32 Å². The second kappa shape index (κ2) is 3.97. The molecule has 1 aromatic carbocycles. The molecule has 0 unspecified atom stereocenters. The van der Waals surface area contributed by atoms with Gasteiger partial charge in [0.2, 0.25) is 0 Å². The summed E-state index contributed by atoms with van der Waals surface area (Å²) in [5.74, 6) is 0. The fourth-order valence-electron chi connectivity index (χ4n) is 2.31. The normalized spacial score (nSPS) is 21.9. The van der Waals surface area contributed by atoms with E-state index in [4.69, 9.17) is 0 Å². The molecule has 1 heteroatoms. The average molecular weight is 204 g/mol. The Kier molecular flexibility index (Phi) is 2.83. The van der Waals surface area contributed by atoms with E-state index in [0.29, 0.717) is 0 Å². The van der Waals surface area contributed by atoms with Crippen molar-refractivity contribution in [2.75, 3.05) is 6.54 Å². The van der Waals surface area contributed by atoms with Gasteiger partial charge in [0.15, 0.2) is 0 Å². The Hall–Kier alpha value is -0.820. The third-order valence-corrected chi connectivity index (χ3v) is 3.38. The van der Waals surface area contributed by atoms with Crippen LogP contribution in [0.1, 0.15) is 50.8 Å². The zero-order valence-corrected chi connectivity index (χ0v) is 10.1. The lowest BCUT2D eigenvalue weighted by Gasteiger charge is -2.19.